The third kappa shape index (κ3) is 3.23. The first-order chi connectivity index (χ1) is 7.65. The lowest BCUT2D eigenvalue weighted by Gasteiger charge is -2.11. The molecule has 0 spiro atoms. The van der Waals surface area contributed by atoms with Crippen LogP contribution in [0.4, 0.5) is 0 Å². The molecule has 1 aliphatic carbocycles. The van der Waals surface area contributed by atoms with Gasteiger partial charge in [0, 0.05) is 13.0 Å². The fourth-order valence-corrected chi connectivity index (χ4v) is 2.09. The maximum atomic E-state index is 11.5. The van der Waals surface area contributed by atoms with Gasteiger partial charge in [-0.25, -0.2) is 0 Å². The van der Waals surface area contributed by atoms with E-state index >= 15 is 0 Å². The molecular weight excluding hydrogens is 226 g/mol. The summed E-state index contributed by atoms with van der Waals surface area (Å²) in [5, 5.41) is 10.9. The summed E-state index contributed by atoms with van der Waals surface area (Å²) in [5.74, 6) is 1.56. The molecule has 88 valence electrons. The third-order valence-electron chi connectivity index (χ3n) is 2.55. The number of rotatable bonds is 5. The number of amides is 1. The van der Waals surface area contributed by atoms with Crippen LogP contribution in [0.15, 0.2) is 9.64 Å². The summed E-state index contributed by atoms with van der Waals surface area (Å²) in [6.07, 6.45) is 2.47. The Kier molecular flexibility index (Phi) is 3.48. The third-order valence-corrected chi connectivity index (χ3v) is 3.37. The number of thioether (sulfide) groups is 1. The van der Waals surface area contributed by atoms with Gasteiger partial charge in [0.25, 0.3) is 5.22 Å². The monoisotopic (exact) mass is 241 g/mol. The van der Waals surface area contributed by atoms with Gasteiger partial charge in [-0.05, 0) is 25.7 Å². The van der Waals surface area contributed by atoms with Crippen LogP contribution in [0.5, 0.6) is 0 Å². The molecule has 1 N–H and O–H groups in total. The molecule has 0 unspecified atom stereocenters. The molecule has 1 saturated carbocycles. The Hall–Kier alpha value is -1.04. The first kappa shape index (κ1) is 11.4. The summed E-state index contributed by atoms with van der Waals surface area (Å²) in [5.41, 5.74) is 0. The maximum Gasteiger partial charge on any atom is 0.277 e. The van der Waals surface area contributed by atoms with Gasteiger partial charge in [-0.3, -0.25) is 4.79 Å². The standard InChI is InChI=1S/C10H15N3O2S/c1-6(8-3-4-8)11-9(14)5-16-10-13-12-7(2)15-10/h6,8H,3-5H2,1-2H3,(H,11,14)/t6-/m0/s1. The van der Waals surface area contributed by atoms with Crippen molar-refractivity contribution in [3.8, 4) is 0 Å². The average molecular weight is 241 g/mol. The Labute approximate surface area is 98.4 Å². The number of hydrogen-bond acceptors (Lipinski definition) is 5. The number of nitrogens with zero attached hydrogens (tertiary/aromatic N) is 2. The summed E-state index contributed by atoms with van der Waals surface area (Å²) >= 11 is 1.27. The van der Waals surface area contributed by atoms with Gasteiger partial charge >= 0.3 is 0 Å². The molecule has 1 amide bonds. The van der Waals surface area contributed by atoms with Crippen LogP contribution in [0.2, 0.25) is 0 Å². The zero-order chi connectivity index (χ0) is 11.5. The van der Waals surface area contributed by atoms with E-state index in [1.165, 1.54) is 24.6 Å². The number of carbonyl (C=O) groups is 1. The first-order valence-electron chi connectivity index (χ1n) is 5.37. The lowest BCUT2D eigenvalue weighted by molar-refractivity contribution is -0.119. The minimum atomic E-state index is 0.0280. The van der Waals surface area contributed by atoms with Gasteiger partial charge in [0.15, 0.2) is 0 Å². The van der Waals surface area contributed by atoms with Gasteiger partial charge in [0.1, 0.15) is 0 Å². The highest BCUT2D eigenvalue weighted by molar-refractivity contribution is 7.99. The zero-order valence-corrected chi connectivity index (χ0v) is 10.2. The molecular formula is C10H15N3O2S. The average Bonchev–Trinajstić information content (AvgIpc) is 3.00. The summed E-state index contributed by atoms with van der Waals surface area (Å²) in [7, 11) is 0. The molecule has 5 nitrogen and oxygen atoms in total. The van der Waals surface area contributed by atoms with E-state index in [2.05, 4.69) is 22.4 Å². The number of aryl methyl sites for hydroxylation is 1. The quantitative estimate of drug-likeness (QED) is 0.789. The van der Waals surface area contributed by atoms with E-state index in [4.69, 9.17) is 4.42 Å². The molecule has 1 aromatic heterocycles. The number of carbonyl (C=O) groups excluding carboxylic acids is 1. The van der Waals surface area contributed by atoms with Gasteiger partial charge in [-0.2, -0.15) is 0 Å². The van der Waals surface area contributed by atoms with Gasteiger partial charge in [-0.15, -0.1) is 10.2 Å². The molecule has 1 aromatic rings. The van der Waals surface area contributed by atoms with E-state index in [-0.39, 0.29) is 11.9 Å². The molecule has 1 atom stereocenters. The Morgan fingerprint density at radius 1 is 1.62 bits per heavy atom. The minimum Gasteiger partial charge on any atom is -0.416 e. The van der Waals surface area contributed by atoms with Crippen molar-refractivity contribution in [2.45, 2.75) is 38.0 Å². The van der Waals surface area contributed by atoms with Crippen LogP contribution < -0.4 is 5.32 Å². The van der Waals surface area contributed by atoms with Gasteiger partial charge in [0.05, 0.1) is 5.75 Å². The van der Waals surface area contributed by atoms with E-state index < -0.39 is 0 Å². The van der Waals surface area contributed by atoms with Crippen LogP contribution in [-0.4, -0.2) is 27.9 Å². The normalized spacial score (nSPS) is 17.1. The Bertz CT molecular complexity index is 376. The predicted molar refractivity (Wildman–Crippen MR) is 60.1 cm³/mol. The van der Waals surface area contributed by atoms with Gasteiger partial charge in [-0.1, -0.05) is 11.8 Å². The molecule has 0 aliphatic heterocycles. The highest BCUT2D eigenvalue weighted by Gasteiger charge is 2.28. The van der Waals surface area contributed by atoms with Crippen molar-refractivity contribution in [3.05, 3.63) is 5.89 Å². The number of nitrogens with one attached hydrogen (secondary N) is 1. The summed E-state index contributed by atoms with van der Waals surface area (Å²) in [4.78, 5) is 11.5. The Balaban J connectivity index is 1.70. The van der Waals surface area contributed by atoms with Crippen LogP contribution >= 0.6 is 11.8 Å². The van der Waals surface area contributed by atoms with E-state index in [9.17, 15) is 4.79 Å². The van der Waals surface area contributed by atoms with Gasteiger partial charge < -0.3 is 9.73 Å². The maximum absolute atomic E-state index is 11.5. The SMILES string of the molecule is Cc1nnc(SCC(=O)N[C@@H](C)C2CC2)o1. The minimum absolute atomic E-state index is 0.0280. The molecule has 0 radical (unpaired) electrons. The van der Waals surface area contributed by atoms with Crippen molar-refractivity contribution in [1.29, 1.82) is 0 Å². The van der Waals surface area contributed by atoms with Crippen molar-refractivity contribution in [2.75, 3.05) is 5.75 Å². The lowest BCUT2D eigenvalue weighted by Crippen LogP contribution is -2.35. The van der Waals surface area contributed by atoms with E-state index in [1.54, 1.807) is 6.92 Å². The van der Waals surface area contributed by atoms with Crippen molar-refractivity contribution in [1.82, 2.24) is 15.5 Å². The lowest BCUT2D eigenvalue weighted by atomic mass is 10.2. The molecule has 0 bridgehead atoms. The first-order valence-corrected chi connectivity index (χ1v) is 6.36. The fraction of sp³-hybridized carbons (Fsp3) is 0.700. The number of aromatic nitrogens is 2. The topological polar surface area (TPSA) is 68.0 Å². The van der Waals surface area contributed by atoms with E-state index in [0.717, 1.165) is 0 Å². The second kappa shape index (κ2) is 4.86. The summed E-state index contributed by atoms with van der Waals surface area (Å²) in [6.45, 7) is 3.78. The van der Waals surface area contributed by atoms with Crippen LogP contribution in [0.1, 0.15) is 25.7 Å². The van der Waals surface area contributed by atoms with E-state index in [0.29, 0.717) is 22.8 Å². The second-order valence-electron chi connectivity index (χ2n) is 4.07. The predicted octanol–water partition coefficient (Wildman–Crippen LogP) is 1.38. The highest BCUT2D eigenvalue weighted by atomic mass is 32.2. The van der Waals surface area contributed by atoms with Crippen LogP contribution in [0.25, 0.3) is 0 Å². The van der Waals surface area contributed by atoms with Crippen molar-refractivity contribution in [2.24, 2.45) is 5.92 Å². The molecule has 1 aliphatic rings. The molecule has 6 heteroatoms. The molecule has 0 saturated heterocycles. The molecule has 1 heterocycles. The largest absolute Gasteiger partial charge is 0.416 e. The summed E-state index contributed by atoms with van der Waals surface area (Å²) < 4.78 is 5.16. The Morgan fingerprint density at radius 2 is 2.38 bits per heavy atom. The molecule has 2 rings (SSSR count). The Morgan fingerprint density at radius 3 is 2.94 bits per heavy atom. The van der Waals surface area contributed by atoms with Crippen molar-refractivity contribution < 1.29 is 9.21 Å². The second-order valence-corrected chi connectivity index (χ2v) is 5.00. The molecule has 1 fully saturated rings. The highest BCUT2D eigenvalue weighted by Crippen LogP contribution is 2.32. The number of hydrogen-bond donors (Lipinski definition) is 1. The van der Waals surface area contributed by atoms with Crippen LogP contribution in [-0.2, 0) is 4.79 Å². The van der Waals surface area contributed by atoms with Crippen molar-refractivity contribution >= 4 is 17.7 Å². The summed E-state index contributed by atoms with van der Waals surface area (Å²) in [6, 6.07) is 0.289. The van der Waals surface area contributed by atoms with Crippen molar-refractivity contribution in [3.63, 3.8) is 0 Å². The zero-order valence-electron chi connectivity index (χ0n) is 9.40. The van der Waals surface area contributed by atoms with E-state index in [1.807, 2.05) is 0 Å². The van der Waals surface area contributed by atoms with Crippen LogP contribution in [0.3, 0.4) is 0 Å². The van der Waals surface area contributed by atoms with Crippen LogP contribution in [0, 0.1) is 12.8 Å². The smallest absolute Gasteiger partial charge is 0.277 e. The van der Waals surface area contributed by atoms with Gasteiger partial charge in [0.2, 0.25) is 11.8 Å². The fourth-order valence-electron chi connectivity index (χ4n) is 1.47. The molecule has 0 aromatic carbocycles. The molecule has 16 heavy (non-hydrogen) atoms.